The molecule has 0 aliphatic carbocycles. The maximum absolute atomic E-state index is 13.2. The van der Waals surface area contributed by atoms with Crippen LogP contribution in [0.1, 0.15) is 34.6 Å². The van der Waals surface area contributed by atoms with E-state index in [2.05, 4.69) is 13.8 Å². The van der Waals surface area contributed by atoms with Gasteiger partial charge >= 0.3 is 0 Å². The molecular formula is C9H19F. The first-order valence-electron chi connectivity index (χ1n) is 4.10. The van der Waals surface area contributed by atoms with Gasteiger partial charge in [-0.25, -0.2) is 4.39 Å². The Balaban J connectivity index is 3.81. The van der Waals surface area contributed by atoms with E-state index in [0.717, 1.165) is 0 Å². The van der Waals surface area contributed by atoms with E-state index >= 15 is 0 Å². The van der Waals surface area contributed by atoms with E-state index in [4.69, 9.17) is 0 Å². The van der Waals surface area contributed by atoms with E-state index in [1.165, 1.54) is 0 Å². The van der Waals surface area contributed by atoms with Gasteiger partial charge in [0.05, 0.1) is 0 Å². The van der Waals surface area contributed by atoms with Crippen molar-refractivity contribution in [3.8, 4) is 0 Å². The fourth-order valence-corrected chi connectivity index (χ4v) is 0.975. The van der Waals surface area contributed by atoms with Crippen LogP contribution in [-0.2, 0) is 0 Å². The van der Waals surface area contributed by atoms with Crippen molar-refractivity contribution in [2.75, 3.05) is 0 Å². The van der Waals surface area contributed by atoms with E-state index in [-0.39, 0.29) is 11.8 Å². The molecule has 0 nitrogen and oxygen atoms in total. The summed E-state index contributed by atoms with van der Waals surface area (Å²) >= 11 is 0. The zero-order valence-corrected chi connectivity index (χ0v) is 7.69. The zero-order chi connectivity index (χ0) is 8.31. The van der Waals surface area contributed by atoms with Gasteiger partial charge in [0, 0.05) is 0 Å². The molecule has 62 valence electrons. The summed E-state index contributed by atoms with van der Waals surface area (Å²) < 4.78 is 13.2. The average Bonchev–Trinajstić information content (AvgIpc) is 1.84. The van der Waals surface area contributed by atoms with Gasteiger partial charge in [-0.2, -0.15) is 0 Å². The van der Waals surface area contributed by atoms with Crippen molar-refractivity contribution in [1.82, 2.24) is 0 Å². The summed E-state index contributed by atoms with van der Waals surface area (Å²) in [6, 6.07) is 0. The van der Waals surface area contributed by atoms with E-state index in [1.807, 2.05) is 20.8 Å². The summed E-state index contributed by atoms with van der Waals surface area (Å²) in [4.78, 5) is 0. The molecule has 0 fully saturated rings. The predicted molar refractivity (Wildman–Crippen MR) is 43.7 cm³/mol. The van der Waals surface area contributed by atoms with Crippen LogP contribution in [0.5, 0.6) is 0 Å². The van der Waals surface area contributed by atoms with Crippen LogP contribution in [0.2, 0.25) is 0 Å². The van der Waals surface area contributed by atoms with Crippen LogP contribution < -0.4 is 0 Å². The monoisotopic (exact) mass is 146 g/mol. The molecule has 0 saturated heterocycles. The van der Waals surface area contributed by atoms with Crippen molar-refractivity contribution in [2.45, 2.75) is 40.8 Å². The van der Waals surface area contributed by atoms with E-state index in [0.29, 0.717) is 5.92 Å². The van der Waals surface area contributed by atoms with Crippen molar-refractivity contribution >= 4 is 0 Å². The second-order valence-electron chi connectivity index (χ2n) is 3.79. The molecule has 0 aromatic heterocycles. The third-order valence-electron chi connectivity index (χ3n) is 2.19. The van der Waals surface area contributed by atoms with Crippen LogP contribution in [0.4, 0.5) is 4.39 Å². The summed E-state index contributed by atoms with van der Waals surface area (Å²) in [6.45, 7) is 9.99. The summed E-state index contributed by atoms with van der Waals surface area (Å²) in [5.41, 5.74) is 0. The lowest BCUT2D eigenvalue weighted by molar-refractivity contribution is 0.146. The molecule has 0 N–H and O–H groups in total. The van der Waals surface area contributed by atoms with Gasteiger partial charge in [0.15, 0.2) is 0 Å². The summed E-state index contributed by atoms with van der Waals surface area (Å²) in [5, 5.41) is 0. The van der Waals surface area contributed by atoms with Crippen LogP contribution in [0.15, 0.2) is 0 Å². The van der Waals surface area contributed by atoms with Crippen LogP contribution in [0.25, 0.3) is 0 Å². The van der Waals surface area contributed by atoms with Gasteiger partial charge < -0.3 is 0 Å². The second-order valence-corrected chi connectivity index (χ2v) is 3.79. The van der Waals surface area contributed by atoms with Gasteiger partial charge in [-0.3, -0.25) is 0 Å². The molecule has 2 unspecified atom stereocenters. The first-order valence-corrected chi connectivity index (χ1v) is 4.10. The molecule has 0 rings (SSSR count). The molecule has 2 atom stereocenters. The number of rotatable bonds is 3. The van der Waals surface area contributed by atoms with Gasteiger partial charge in [0.1, 0.15) is 6.17 Å². The van der Waals surface area contributed by atoms with Crippen LogP contribution in [-0.4, -0.2) is 6.17 Å². The molecule has 0 bridgehead atoms. The Morgan fingerprint density at radius 2 is 1.20 bits per heavy atom. The largest absolute Gasteiger partial charge is 0.247 e. The standard InChI is InChI=1S/C9H19F/c1-6(2)8(5)9(10)7(3)4/h6-9H,1-5H3. The maximum Gasteiger partial charge on any atom is 0.105 e. The summed E-state index contributed by atoms with van der Waals surface area (Å²) in [6.07, 6.45) is -0.639. The molecule has 0 aromatic carbocycles. The topological polar surface area (TPSA) is 0 Å². The molecule has 0 spiro atoms. The summed E-state index contributed by atoms with van der Waals surface area (Å²) in [5.74, 6) is 0.815. The molecule has 0 aromatic rings. The van der Waals surface area contributed by atoms with Gasteiger partial charge in [0.25, 0.3) is 0 Å². The minimum Gasteiger partial charge on any atom is -0.247 e. The Morgan fingerprint density at radius 3 is 1.30 bits per heavy atom. The average molecular weight is 146 g/mol. The van der Waals surface area contributed by atoms with E-state index < -0.39 is 6.17 Å². The number of halogens is 1. The Kier molecular flexibility index (Phi) is 3.92. The van der Waals surface area contributed by atoms with Gasteiger partial charge in [-0.1, -0.05) is 34.6 Å². The second kappa shape index (κ2) is 3.95. The summed E-state index contributed by atoms with van der Waals surface area (Å²) in [7, 11) is 0. The highest BCUT2D eigenvalue weighted by Crippen LogP contribution is 2.22. The highest BCUT2D eigenvalue weighted by molar-refractivity contribution is 4.70. The fraction of sp³-hybridized carbons (Fsp3) is 1.00. The molecule has 0 aliphatic heterocycles. The minimum absolute atomic E-state index is 0.164. The maximum atomic E-state index is 13.2. The first kappa shape index (κ1) is 9.93. The van der Waals surface area contributed by atoms with E-state index in [1.54, 1.807) is 0 Å². The SMILES string of the molecule is CC(C)C(C)C(F)C(C)C. The number of hydrogen-bond acceptors (Lipinski definition) is 0. The molecule has 10 heavy (non-hydrogen) atoms. The van der Waals surface area contributed by atoms with Crippen molar-refractivity contribution in [1.29, 1.82) is 0 Å². The minimum atomic E-state index is -0.639. The van der Waals surface area contributed by atoms with Crippen LogP contribution in [0.3, 0.4) is 0 Å². The van der Waals surface area contributed by atoms with E-state index in [9.17, 15) is 4.39 Å². The first-order chi connectivity index (χ1) is 4.46. The van der Waals surface area contributed by atoms with Crippen LogP contribution >= 0.6 is 0 Å². The molecule has 0 aliphatic rings. The smallest absolute Gasteiger partial charge is 0.105 e. The fourth-order valence-electron chi connectivity index (χ4n) is 0.975. The number of hydrogen-bond donors (Lipinski definition) is 0. The van der Waals surface area contributed by atoms with Crippen molar-refractivity contribution < 1.29 is 4.39 Å². The third kappa shape index (κ3) is 2.68. The van der Waals surface area contributed by atoms with Crippen LogP contribution in [0, 0.1) is 17.8 Å². The van der Waals surface area contributed by atoms with Crippen molar-refractivity contribution in [3.63, 3.8) is 0 Å². The molecule has 0 radical (unpaired) electrons. The molecular weight excluding hydrogens is 127 g/mol. The Morgan fingerprint density at radius 1 is 0.800 bits per heavy atom. The molecule has 0 saturated carbocycles. The lowest BCUT2D eigenvalue weighted by atomic mass is 9.88. The van der Waals surface area contributed by atoms with Crippen molar-refractivity contribution in [3.05, 3.63) is 0 Å². The zero-order valence-electron chi connectivity index (χ0n) is 7.69. The third-order valence-corrected chi connectivity index (χ3v) is 2.19. The Bertz CT molecular complexity index is 74.7. The highest BCUT2D eigenvalue weighted by atomic mass is 19.1. The van der Waals surface area contributed by atoms with Gasteiger partial charge in [-0.05, 0) is 17.8 Å². The lowest BCUT2D eigenvalue weighted by Gasteiger charge is -2.22. The molecule has 0 amide bonds. The Labute approximate surface area is 63.8 Å². The highest BCUT2D eigenvalue weighted by Gasteiger charge is 2.21. The van der Waals surface area contributed by atoms with Gasteiger partial charge in [0.2, 0.25) is 0 Å². The van der Waals surface area contributed by atoms with Gasteiger partial charge in [-0.15, -0.1) is 0 Å². The molecule has 1 heteroatoms. The van der Waals surface area contributed by atoms with Crippen molar-refractivity contribution in [2.24, 2.45) is 17.8 Å². The predicted octanol–water partition coefficient (Wildman–Crippen LogP) is 3.27. The molecule has 0 heterocycles. The quantitative estimate of drug-likeness (QED) is 0.573. The lowest BCUT2D eigenvalue weighted by Crippen LogP contribution is -2.23. The number of alkyl halides is 1. The Hall–Kier alpha value is -0.0700. The normalized spacial score (nSPS) is 18.0.